The number of carbonyl (C=O) groups is 2. The highest BCUT2D eigenvalue weighted by Gasteiger charge is 2.31. The quantitative estimate of drug-likeness (QED) is 0.730. The molecule has 4 heteroatoms. The molecule has 0 aromatic carbocycles. The number of likely N-dealkylation sites (tertiary alicyclic amines) is 1. The van der Waals surface area contributed by atoms with E-state index in [0.717, 1.165) is 19.5 Å². The second-order valence-corrected chi connectivity index (χ2v) is 5.33. The van der Waals surface area contributed by atoms with Crippen LogP contribution >= 0.6 is 0 Å². The van der Waals surface area contributed by atoms with Crippen LogP contribution in [0.5, 0.6) is 0 Å². The van der Waals surface area contributed by atoms with Crippen molar-refractivity contribution in [2.24, 2.45) is 5.41 Å². The highest BCUT2D eigenvalue weighted by atomic mass is 16.4. The maximum Gasteiger partial charge on any atom is 0.303 e. The average molecular weight is 227 g/mol. The van der Waals surface area contributed by atoms with Gasteiger partial charge >= 0.3 is 5.97 Å². The minimum atomic E-state index is -0.783. The topological polar surface area (TPSA) is 57.6 Å². The van der Waals surface area contributed by atoms with Crippen LogP contribution < -0.4 is 0 Å². The fourth-order valence-corrected chi connectivity index (χ4v) is 2.04. The highest BCUT2D eigenvalue weighted by molar-refractivity contribution is 5.76. The van der Waals surface area contributed by atoms with Crippen molar-refractivity contribution in [3.05, 3.63) is 0 Å². The minimum absolute atomic E-state index is 0.165. The molecule has 1 aliphatic rings. The van der Waals surface area contributed by atoms with Crippen LogP contribution in [0.15, 0.2) is 0 Å². The Morgan fingerprint density at radius 2 is 1.88 bits per heavy atom. The van der Waals surface area contributed by atoms with Crippen LogP contribution in [-0.4, -0.2) is 35.0 Å². The van der Waals surface area contributed by atoms with E-state index >= 15 is 0 Å². The highest BCUT2D eigenvalue weighted by Crippen LogP contribution is 2.29. The molecule has 1 saturated heterocycles. The van der Waals surface area contributed by atoms with E-state index < -0.39 is 5.97 Å². The summed E-state index contributed by atoms with van der Waals surface area (Å²) in [7, 11) is 0. The predicted octanol–water partition coefficient (Wildman–Crippen LogP) is 1.89. The van der Waals surface area contributed by atoms with E-state index in [2.05, 4.69) is 13.8 Å². The zero-order valence-electron chi connectivity index (χ0n) is 10.2. The van der Waals surface area contributed by atoms with Crippen molar-refractivity contribution in [1.82, 2.24) is 4.90 Å². The molecule has 0 aliphatic carbocycles. The fourth-order valence-electron chi connectivity index (χ4n) is 2.04. The summed E-state index contributed by atoms with van der Waals surface area (Å²) in [6.45, 7) is 6.03. The van der Waals surface area contributed by atoms with Crippen LogP contribution in [0.1, 0.15) is 46.0 Å². The molecule has 1 heterocycles. The number of carboxylic acid groups (broad SMARTS) is 1. The van der Waals surface area contributed by atoms with Crippen molar-refractivity contribution in [1.29, 1.82) is 0 Å². The van der Waals surface area contributed by atoms with Gasteiger partial charge in [-0.1, -0.05) is 13.8 Å². The van der Waals surface area contributed by atoms with Gasteiger partial charge in [-0.3, -0.25) is 9.59 Å². The van der Waals surface area contributed by atoms with Crippen LogP contribution in [-0.2, 0) is 9.59 Å². The maximum absolute atomic E-state index is 11.8. The lowest BCUT2D eigenvalue weighted by Crippen LogP contribution is -2.29. The van der Waals surface area contributed by atoms with Gasteiger partial charge in [0.25, 0.3) is 0 Å². The largest absolute Gasteiger partial charge is 0.481 e. The van der Waals surface area contributed by atoms with Crippen LogP contribution in [0.4, 0.5) is 0 Å². The third-order valence-electron chi connectivity index (χ3n) is 3.06. The number of hydrogen-bond acceptors (Lipinski definition) is 2. The Kier molecular flexibility index (Phi) is 4.33. The smallest absolute Gasteiger partial charge is 0.303 e. The molecule has 1 amide bonds. The van der Waals surface area contributed by atoms with E-state index in [9.17, 15) is 9.59 Å². The van der Waals surface area contributed by atoms with Gasteiger partial charge in [0.15, 0.2) is 0 Å². The summed E-state index contributed by atoms with van der Waals surface area (Å²) in [6, 6.07) is 0. The fraction of sp³-hybridized carbons (Fsp3) is 0.833. The first-order chi connectivity index (χ1) is 7.41. The molecule has 0 saturated carbocycles. The number of unbranched alkanes of at least 4 members (excludes halogenated alkanes) is 1. The molecule has 1 fully saturated rings. The zero-order valence-corrected chi connectivity index (χ0v) is 10.2. The van der Waals surface area contributed by atoms with Crippen molar-refractivity contribution in [2.45, 2.75) is 46.0 Å². The summed E-state index contributed by atoms with van der Waals surface area (Å²) in [4.78, 5) is 23.9. The second kappa shape index (κ2) is 5.32. The van der Waals surface area contributed by atoms with E-state index in [1.165, 1.54) is 0 Å². The number of aliphatic carboxylic acids is 1. The lowest BCUT2D eigenvalue weighted by Gasteiger charge is -2.19. The standard InChI is InChI=1S/C12H21NO3/c1-12(2)7-8-13(9-12)10(14)5-3-4-6-11(15)16/h3-9H2,1-2H3,(H,15,16). The Morgan fingerprint density at radius 3 is 2.38 bits per heavy atom. The van der Waals surface area contributed by atoms with E-state index in [-0.39, 0.29) is 17.7 Å². The van der Waals surface area contributed by atoms with E-state index in [1.54, 1.807) is 0 Å². The molecule has 0 spiro atoms. The summed E-state index contributed by atoms with van der Waals surface area (Å²) < 4.78 is 0. The number of amides is 1. The van der Waals surface area contributed by atoms with Crippen LogP contribution in [0.3, 0.4) is 0 Å². The van der Waals surface area contributed by atoms with Crippen molar-refractivity contribution < 1.29 is 14.7 Å². The summed E-state index contributed by atoms with van der Waals surface area (Å²) >= 11 is 0. The Hall–Kier alpha value is -1.06. The Bertz CT molecular complexity index is 273. The summed E-state index contributed by atoms with van der Waals surface area (Å²) in [5.41, 5.74) is 0.247. The van der Waals surface area contributed by atoms with Gasteiger partial charge in [-0.2, -0.15) is 0 Å². The molecule has 1 aliphatic heterocycles. The minimum Gasteiger partial charge on any atom is -0.481 e. The molecule has 0 aromatic heterocycles. The van der Waals surface area contributed by atoms with Crippen molar-refractivity contribution in [2.75, 3.05) is 13.1 Å². The van der Waals surface area contributed by atoms with Gasteiger partial charge < -0.3 is 10.0 Å². The number of rotatable bonds is 5. The second-order valence-electron chi connectivity index (χ2n) is 5.33. The number of carbonyl (C=O) groups excluding carboxylic acids is 1. The first-order valence-corrected chi connectivity index (χ1v) is 5.90. The zero-order chi connectivity index (χ0) is 12.2. The van der Waals surface area contributed by atoms with Gasteiger partial charge in [0.05, 0.1) is 0 Å². The van der Waals surface area contributed by atoms with Gasteiger partial charge in [-0.25, -0.2) is 0 Å². The van der Waals surface area contributed by atoms with E-state index in [1.807, 2.05) is 4.90 Å². The van der Waals surface area contributed by atoms with Gasteiger partial charge in [0, 0.05) is 25.9 Å². The van der Waals surface area contributed by atoms with Gasteiger partial charge in [-0.15, -0.1) is 0 Å². The summed E-state index contributed by atoms with van der Waals surface area (Å²) in [5, 5.41) is 8.46. The lowest BCUT2D eigenvalue weighted by molar-refractivity contribution is -0.137. The summed E-state index contributed by atoms with van der Waals surface area (Å²) in [6.07, 6.45) is 3.00. The number of carboxylic acids is 1. The number of nitrogens with zero attached hydrogens (tertiary/aromatic N) is 1. The van der Waals surface area contributed by atoms with Gasteiger partial charge in [0.2, 0.25) is 5.91 Å². The molecule has 0 unspecified atom stereocenters. The Labute approximate surface area is 96.6 Å². The normalized spacial score (nSPS) is 18.8. The molecule has 0 radical (unpaired) electrons. The van der Waals surface area contributed by atoms with Crippen LogP contribution in [0, 0.1) is 5.41 Å². The molecular formula is C12H21NO3. The molecule has 92 valence electrons. The molecule has 16 heavy (non-hydrogen) atoms. The van der Waals surface area contributed by atoms with Crippen molar-refractivity contribution in [3.8, 4) is 0 Å². The Morgan fingerprint density at radius 1 is 1.25 bits per heavy atom. The number of hydrogen-bond donors (Lipinski definition) is 1. The third kappa shape index (κ3) is 4.21. The maximum atomic E-state index is 11.8. The Balaban J connectivity index is 2.19. The average Bonchev–Trinajstić information content (AvgIpc) is 2.53. The first-order valence-electron chi connectivity index (χ1n) is 5.90. The predicted molar refractivity (Wildman–Crippen MR) is 61.1 cm³/mol. The van der Waals surface area contributed by atoms with E-state index in [4.69, 9.17) is 5.11 Å². The molecular weight excluding hydrogens is 206 g/mol. The van der Waals surface area contributed by atoms with Gasteiger partial charge in [0.1, 0.15) is 0 Å². The van der Waals surface area contributed by atoms with Crippen molar-refractivity contribution in [3.63, 3.8) is 0 Å². The molecule has 4 nitrogen and oxygen atoms in total. The monoisotopic (exact) mass is 227 g/mol. The molecule has 0 bridgehead atoms. The van der Waals surface area contributed by atoms with Gasteiger partial charge in [-0.05, 0) is 24.7 Å². The third-order valence-corrected chi connectivity index (χ3v) is 3.06. The molecule has 0 atom stereocenters. The lowest BCUT2D eigenvalue weighted by atomic mass is 9.93. The first kappa shape index (κ1) is 13.0. The summed E-state index contributed by atoms with van der Waals surface area (Å²) in [5.74, 6) is -0.606. The molecule has 1 N–H and O–H groups in total. The molecule has 1 rings (SSSR count). The molecule has 0 aromatic rings. The van der Waals surface area contributed by atoms with Crippen LogP contribution in [0.2, 0.25) is 0 Å². The SMILES string of the molecule is CC1(C)CCN(C(=O)CCCCC(=O)O)C1. The van der Waals surface area contributed by atoms with Crippen molar-refractivity contribution >= 4 is 11.9 Å². The van der Waals surface area contributed by atoms with Crippen LogP contribution in [0.25, 0.3) is 0 Å². The van der Waals surface area contributed by atoms with E-state index in [0.29, 0.717) is 19.3 Å².